The molecule has 1 fully saturated rings. The van der Waals surface area contributed by atoms with E-state index in [1.165, 1.54) is 12.1 Å². The summed E-state index contributed by atoms with van der Waals surface area (Å²) in [5.74, 6) is -0.843. The van der Waals surface area contributed by atoms with Crippen molar-refractivity contribution in [1.29, 1.82) is 10.7 Å². The number of rotatable bonds is 4. The largest absolute Gasteiger partial charge is 0.505 e. The number of urea groups is 1. The molecule has 2 amide bonds. The van der Waals surface area contributed by atoms with Crippen LogP contribution in [-0.4, -0.2) is 49.7 Å². The smallest absolute Gasteiger partial charge is 0.320 e. The number of aromatic amines is 1. The number of aryl methyl sites for hydroxylation is 1. The van der Waals surface area contributed by atoms with E-state index in [1.807, 2.05) is 6.92 Å². The lowest BCUT2D eigenvalue weighted by molar-refractivity contribution is 0.161. The highest BCUT2D eigenvalue weighted by Gasteiger charge is 2.34. The number of fused-ring (bicyclic) bond motifs is 1. The highest BCUT2D eigenvalue weighted by atomic mass is 19.1. The molecular weight excluding hydrogens is 461 g/mol. The van der Waals surface area contributed by atoms with Gasteiger partial charge in [-0.05, 0) is 47.7 Å². The second kappa shape index (κ2) is 9.00. The van der Waals surface area contributed by atoms with E-state index >= 15 is 0 Å². The molecule has 1 saturated heterocycles. The summed E-state index contributed by atoms with van der Waals surface area (Å²) >= 11 is 0. The van der Waals surface area contributed by atoms with Crippen molar-refractivity contribution in [2.24, 2.45) is 5.92 Å². The Hall–Kier alpha value is -4.39. The number of likely N-dealkylation sites (tertiary alicyclic amines) is 1. The Morgan fingerprint density at radius 3 is 2.81 bits per heavy atom. The van der Waals surface area contributed by atoms with Crippen LogP contribution in [0.5, 0.6) is 5.75 Å². The fourth-order valence-electron chi connectivity index (χ4n) is 4.88. The minimum absolute atomic E-state index is 0.104. The third-order valence-corrected chi connectivity index (χ3v) is 6.89. The van der Waals surface area contributed by atoms with Gasteiger partial charge in [0.15, 0.2) is 17.4 Å². The van der Waals surface area contributed by atoms with Gasteiger partial charge in [-0.15, -0.1) is 0 Å². The van der Waals surface area contributed by atoms with Gasteiger partial charge in [-0.1, -0.05) is 19.1 Å². The van der Waals surface area contributed by atoms with E-state index < -0.39 is 5.82 Å². The van der Waals surface area contributed by atoms with Gasteiger partial charge in [-0.2, -0.15) is 5.26 Å². The number of H-pyrrole nitrogens is 1. The number of nitrogen functional groups attached to an aromatic ring is 1. The summed E-state index contributed by atoms with van der Waals surface area (Å²) in [6, 6.07) is 10.00. The van der Waals surface area contributed by atoms with Gasteiger partial charge in [0.25, 0.3) is 0 Å². The summed E-state index contributed by atoms with van der Waals surface area (Å²) in [7, 11) is 0. The molecule has 0 saturated carbocycles. The Balaban J connectivity index is 1.32. The van der Waals surface area contributed by atoms with E-state index in [1.54, 1.807) is 28.0 Å². The van der Waals surface area contributed by atoms with Crippen LogP contribution in [0.1, 0.15) is 41.7 Å². The molecule has 36 heavy (non-hydrogen) atoms. The Morgan fingerprint density at radius 1 is 1.33 bits per heavy atom. The van der Waals surface area contributed by atoms with Crippen molar-refractivity contribution in [2.45, 2.75) is 32.9 Å². The Kier molecular flexibility index (Phi) is 5.84. The number of phenols is 1. The zero-order valence-corrected chi connectivity index (χ0v) is 19.8. The number of carbonyl (C=O) groups is 1. The fraction of sp³-hybridized carbons (Fsp3) is 0.308. The third kappa shape index (κ3) is 4.02. The van der Waals surface area contributed by atoms with Crippen LogP contribution in [0, 0.1) is 28.5 Å². The Morgan fingerprint density at radius 2 is 2.14 bits per heavy atom. The average molecular weight is 488 g/mol. The van der Waals surface area contributed by atoms with Crippen LogP contribution in [0.25, 0.3) is 11.1 Å². The fourth-order valence-corrected chi connectivity index (χ4v) is 4.88. The molecule has 0 bridgehead atoms. The second-order valence-corrected chi connectivity index (χ2v) is 9.20. The molecule has 2 aliphatic rings. The maximum Gasteiger partial charge on any atom is 0.320 e. The van der Waals surface area contributed by atoms with E-state index in [0.717, 1.165) is 11.3 Å². The summed E-state index contributed by atoms with van der Waals surface area (Å²) in [6.45, 7) is 3.66. The number of imidazole rings is 1. The number of benzene rings is 2. The molecule has 0 aliphatic carbocycles. The minimum atomic E-state index is -0.704. The lowest BCUT2D eigenvalue weighted by atomic mass is 9.95. The normalized spacial score (nSPS) is 16.8. The molecule has 1 unspecified atom stereocenters. The first-order valence-corrected chi connectivity index (χ1v) is 11.8. The van der Waals surface area contributed by atoms with Gasteiger partial charge in [0.1, 0.15) is 5.71 Å². The van der Waals surface area contributed by atoms with Crippen molar-refractivity contribution < 1.29 is 14.3 Å². The average Bonchev–Trinajstić information content (AvgIpc) is 3.59. The number of carbonyl (C=O) groups excluding carboxylic acids is 1. The van der Waals surface area contributed by atoms with Gasteiger partial charge in [0.05, 0.1) is 36.5 Å². The number of amides is 2. The molecule has 0 spiro atoms. The SMILES string of the molecule is CCc1cc(O)c(F)cc1-c1ccc(C(=N)c2nc3c([nH]2)CN(C(=O)N2CCC(C#N)C2)C3)c(N)c1. The predicted octanol–water partition coefficient (Wildman–Crippen LogP) is 3.76. The first kappa shape index (κ1) is 23.4. The number of anilines is 1. The maximum atomic E-state index is 14.0. The topological polar surface area (TPSA) is 146 Å². The number of hydrogen-bond donors (Lipinski definition) is 4. The van der Waals surface area contributed by atoms with Crippen LogP contribution in [-0.2, 0) is 19.5 Å². The van der Waals surface area contributed by atoms with E-state index in [0.29, 0.717) is 72.9 Å². The lowest BCUT2D eigenvalue weighted by Gasteiger charge is -2.23. The first-order chi connectivity index (χ1) is 17.3. The summed E-state index contributed by atoms with van der Waals surface area (Å²) in [5, 5.41) is 27.4. The van der Waals surface area contributed by atoms with Gasteiger partial charge in [0.2, 0.25) is 0 Å². The molecule has 3 aromatic rings. The standard InChI is InChI=1S/C26H26FN7O2/c1-2-15-8-23(35)19(27)9-18(15)16-3-4-17(20(29)7-16)24(30)25-31-21-12-34(13-22(21)32-25)26(36)33-6-5-14(10-28)11-33/h3-4,7-9,14,30,35H,2,5-6,11-13,29H2,1H3,(H,31,32). The monoisotopic (exact) mass is 487 g/mol. The Labute approximate surface area is 207 Å². The number of nitrogens with two attached hydrogens (primary N) is 1. The molecule has 184 valence electrons. The van der Waals surface area contributed by atoms with E-state index in [-0.39, 0.29) is 23.4 Å². The van der Waals surface area contributed by atoms with Gasteiger partial charge in [-0.3, -0.25) is 5.41 Å². The Bertz CT molecular complexity index is 1400. The highest BCUT2D eigenvalue weighted by Crippen LogP contribution is 2.32. The van der Waals surface area contributed by atoms with Gasteiger partial charge < -0.3 is 25.6 Å². The molecule has 10 heteroatoms. The second-order valence-electron chi connectivity index (χ2n) is 9.20. The molecule has 1 aromatic heterocycles. The van der Waals surface area contributed by atoms with E-state index in [2.05, 4.69) is 16.0 Å². The number of hydrogen-bond acceptors (Lipinski definition) is 6. The number of halogens is 1. The van der Waals surface area contributed by atoms with Gasteiger partial charge in [0, 0.05) is 24.3 Å². The van der Waals surface area contributed by atoms with Crippen LogP contribution >= 0.6 is 0 Å². The third-order valence-electron chi connectivity index (χ3n) is 6.89. The molecule has 3 heterocycles. The number of nitriles is 1. The van der Waals surface area contributed by atoms with Crippen LogP contribution in [0.3, 0.4) is 0 Å². The summed E-state index contributed by atoms with van der Waals surface area (Å²) in [4.78, 5) is 23.9. The molecular formula is C26H26FN7O2. The lowest BCUT2D eigenvalue weighted by Crippen LogP contribution is -2.39. The summed E-state index contributed by atoms with van der Waals surface area (Å²) in [6.07, 6.45) is 1.30. The molecule has 0 radical (unpaired) electrons. The minimum Gasteiger partial charge on any atom is -0.505 e. The molecule has 9 nitrogen and oxygen atoms in total. The number of aromatic nitrogens is 2. The molecule has 2 aliphatic heterocycles. The number of nitrogens with zero attached hydrogens (tertiary/aromatic N) is 4. The highest BCUT2D eigenvalue weighted by molar-refractivity contribution is 6.12. The molecule has 1 atom stereocenters. The molecule has 5 N–H and O–H groups in total. The van der Waals surface area contributed by atoms with E-state index in [4.69, 9.17) is 16.4 Å². The van der Waals surface area contributed by atoms with Gasteiger partial charge in [-0.25, -0.2) is 14.2 Å². The summed E-state index contributed by atoms with van der Waals surface area (Å²) < 4.78 is 14.0. The quantitative estimate of drug-likeness (QED) is 0.327. The van der Waals surface area contributed by atoms with E-state index in [9.17, 15) is 14.3 Å². The molecule has 2 aromatic carbocycles. The molecule has 5 rings (SSSR count). The van der Waals surface area contributed by atoms with Crippen molar-refractivity contribution in [1.82, 2.24) is 19.8 Å². The number of aromatic hydroxyl groups is 1. The van der Waals surface area contributed by atoms with Crippen LogP contribution in [0.2, 0.25) is 0 Å². The summed E-state index contributed by atoms with van der Waals surface area (Å²) in [5.41, 5.74) is 10.9. The number of phenolic OH excluding ortho intramolecular Hbond substituents is 1. The predicted molar refractivity (Wildman–Crippen MR) is 132 cm³/mol. The van der Waals surface area contributed by atoms with Crippen molar-refractivity contribution in [3.8, 4) is 22.9 Å². The van der Waals surface area contributed by atoms with Crippen LogP contribution in [0.15, 0.2) is 30.3 Å². The number of nitrogens with one attached hydrogen (secondary N) is 2. The maximum absolute atomic E-state index is 14.0. The van der Waals surface area contributed by atoms with Crippen molar-refractivity contribution in [3.63, 3.8) is 0 Å². The van der Waals surface area contributed by atoms with Crippen molar-refractivity contribution >= 4 is 17.4 Å². The first-order valence-electron chi connectivity index (χ1n) is 11.8. The zero-order valence-electron chi connectivity index (χ0n) is 19.8. The van der Waals surface area contributed by atoms with Crippen LogP contribution in [0.4, 0.5) is 14.9 Å². The zero-order chi connectivity index (χ0) is 25.6. The van der Waals surface area contributed by atoms with Crippen LogP contribution < -0.4 is 5.73 Å². The van der Waals surface area contributed by atoms with Crippen molar-refractivity contribution in [2.75, 3.05) is 18.8 Å². The van der Waals surface area contributed by atoms with Crippen molar-refractivity contribution in [3.05, 3.63) is 64.5 Å². The van der Waals surface area contributed by atoms with Gasteiger partial charge >= 0.3 is 6.03 Å².